The highest BCUT2D eigenvalue weighted by Crippen LogP contribution is 2.24. The van der Waals surface area contributed by atoms with Crippen LogP contribution in [0.25, 0.3) is 11.3 Å². The number of oxazole rings is 1. The number of carbonyl (C=O) groups excluding carboxylic acids is 2. The summed E-state index contributed by atoms with van der Waals surface area (Å²) < 4.78 is 38.9. The van der Waals surface area contributed by atoms with Gasteiger partial charge in [0.2, 0.25) is 11.8 Å². The first-order valence-electron chi connectivity index (χ1n) is 11.4. The molecule has 0 aliphatic carbocycles. The summed E-state index contributed by atoms with van der Waals surface area (Å²) in [7, 11) is 0. The highest BCUT2D eigenvalue weighted by Gasteiger charge is 2.15. The van der Waals surface area contributed by atoms with Gasteiger partial charge in [0.1, 0.15) is 11.6 Å². The van der Waals surface area contributed by atoms with Gasteiger partial charge >= 0.3 is 0 Å². The predicted molar refractivity (Wildman–Crippen MR) is 126 cm³/mol. The quantitative estimate of drug-likeness (QED) is 0.479. The van der Waals surface area contributed by atoms with Gasteiger partial charge in [0.15, 0.2) is 11.7 Å². The molecule has 10 heteroatoms. The summed E-state index contributed by atoms with van der Waals surface area (Å²) in [5, 5.41) is 5.24. The van der Waals surface area contributed by atoms with Crippen LogP contribution < -0.4 is 10.6 Å². The molecule has 0 spiro atoms. The number of amides is 2. The van der Waals surface area contributed by atoms with Crippen LogP contribution in [0.15, 0.2) is 53.1 Å². The molecule has 0 saturated carbocycles. The van der Waals surface area contributed by atoms with Gasteiger partial charge in [0, 0.05) is 44.6 Å². The number of aryl methyl sites for hydroxylation is 1. The van der Waals surface area contributed by atoms with Crippen LogP contribution in [-0.2, 0) is 20.7 Å². The zero-order valence-corrected chi connectivity index (χ0v) is 19.1. The van der Waals surface area contributed by atoms with Crippen molar-refractivity contribution in [3.63, 3.8) is 0 Å². The molecular weight excluding hydrogens is 458 g/mol. The van der Waals surface area contributed by atoms with E-state index in [1.165, 1.54) is 30.5 Å². The number of hydrogen-bond donors (Lipinski definition) is 2. The van der Waals surface area contributed by atoms with Crippen LogP contribution in [0.1, 0.15) is 18.7 Å². The maximum absolute atomic E-state index is 14.2. The monoisotopic (exact) mass is 484 g/mol. The third-order valence-electron chi connectivity index (χ3n) is 5.54. The molecule has 0 bridgehead atoms. The van der Waals surface area contributed by atoms with Gasteiger partial charge in [0.05, 0.1) is 30.7 Å². The van der Waals surface area contributed by atoms with E-state index >= 15 is 0 Å². The first kappa shape index (κ1) is 24.5. The molecule has 35 heavy (non-hydrogen) atoms. The zero-order chi connectivity index (χ0) is 24.6. The Hall–Kier alpha value is -3.63. The van der Waals surface area contributed by atoms with E-state index in [1.807, 2.05) is 0 Å². The lowest BCUT2D eigenvalue weighted by atomic mass is 10.2. The molecule has 0 unspecified atom stereocenters. The molecular formula is C25H26F2N4O4. The smallest absolute Gasteiger partial charge is 0.225 e. The number of hydrogen-bond acceptors (Lipinski definition) is 6. The molecule has 4 rings (SSSR count). The average molecular weight is 485 g/mol. The highest BCUT2D eigenvalue weighted by atomic mass is 19.1. The first-order chi connectivity index (χ1) is 17.0. The van der Waals surface area contributed by atoms with Crippen LogP contribution in [0.2, 0.25) is 0 Å². The van der Waals surface area contributed by atoms with E-state index in [2.05, 4.69) is 20.5 Å². The molecule has 0 atom stereocenters. The largest absolute Gasteiger partial charge is 0.441 e. The van der Waals surface area contributed by atoms with Crippen LogP contribution >= 0.6 is 0 Å². The fourth-order valence-electron chi connectivity index (χ4n) is 3.65. The van der Waals surface area contributed by atoms with Gasteiger partial charge in [-0.2, -0.15) is 0 Å². The van der Waals surface area contributed by atoms with E-state index in [0.717, 1.165) is 13.1 Å². The number of aromatic nitrogens is 1. The van der Waals surface area contributed by atoms with Crippen LogP contribution in [0.4, 0.5) is 20.2 Å². The lowest BCUT2D eigenvalue weighted by Crippen LogP contribution is -2.38. The lowest BCUT2D eigenvalue weighted by molar-refractivity contribution is -0.117. The van der Waals surface area contributed by atoms with Gasteiger partial charge in [-0.1, -0.05) is 12.1 Å². The minimum atomic E-state index is -0.594. The second-order valence-corrected chi connectivity index (χ2v) is 8.09. The Kier molecular flexibility index (Phi) is 8.17. The summed E-state index contributed by atoms with van der Waals surface area (Å²) in [6.45, 7) is 3.37. The van der Waals surface area contributed by atoms with Crippen molar-refractivity contribution in [2.45, 2.75) is 19.3 Å². The number of benzene rings is 2. The normalized spacial score (nSPS) is 14.0. The Morgan fingerprint density at radius 1 is 0.971 bits per heavy atom. The number of halogens is 2. The number of nitrogens with zero attached hydrogens (tertiary/aromatic N) is 2. The van der Waals surface area contributed by atoms with Crippen LogP contribution in [0.3, 0.4) is 0 Å². The Morgan fingerprint density at radius 2 is 1.74 bits per heavy atom. The molecule has 3 aromatic rings. The fourth-order valence-corrected chi connectivity index (χ4v) is 3.65. The summed E-state index contributed by atoms with van der Waals surface area (Å²) in [5.41, 5.74) is 0.637. The molecule has 1 fully saturated rings. The molecule has 2 amide bonds. The summed E-state index contributed by atoms with van der Waals surface area (Å²) >= 11 is 0. The van der Waals surface area contributed by atoms with Crippen molar-refractivity contribution in [3.8, 4) is 11.3 Å². The molecule has 184 valence electrons. The first-order valence-corrected chi connectivity index (χ1v) is 11.4. The van der Waals surface area contributed by atoms with Gasteiger partial charge < -0.3 is 19.8 Å². The Bertz CT molecular complexity index is 1180. The summed E-state index contributed by atoms with van der Waals surface area (Å²) in [5.74, 6) is -1.09. The summed E-state index contributed by atoms with van der Waals surface area (Å²) in [6, 6.07) is 10.2. The van der Waals surface area contributed by atoms with E-state index in [0.29, 0.717) is 36.9 Å². The van der Waals surface area contributed by atoms with Crippen molar-refractivity contribution in [2.24, 2.45) is 0 Å². The Morgan fingerprint density at radius 3 is 2.54 bits per heavy atom. The van der Waals surface area contributed by atoms with Gasteiger partial charge in [-0.25, -0.2) is 13.8 Å². The number of rotatable bonds is 9. The maximum atomic E-state index is 14.2. The van der Waals surface area contributed by atoms with Crippen LogP contribution in [-0.4, -0.2) is 54.5 Å². The maximum Gasteiger partial charge on any atom is 0.225 e. The van der Waals surface area contributed by atoms with E-state index in [-0.39, 0.29) is 42.5 Å². The van der Waals surface area contributed by atoms with E-state index in [1.54, 1.807) is 18.2 Å². The number of nitrogens with one attached hydrogen (secondary N) is 2. The van der Waals surface area contributed by atoms with Gasteiger partial charge in [-0.15, -0.1) is 0 Å². The molecule has 2 aromatic carbocycles. The number of carbonyl (C=O) groups is 2. The van der Waals surface area contributed by atoms with E-state index in [9.17, 15) is 18.4 Å². The number of morpholine rings is 1. The second-order valence-electron chi connectivity index (χ2n) is 8.09. The van der Waals surface area contributed by atoms with Crippen LogP contribution in [0, 0.1) is 11.6 Å². The van der Waals surface area contributed by atoms with Crippen molar-refractivity contribution in [1.82, 2.24) is 9.88 Å². The van der Waals surface area contributed by atoms with Gasteiger partial charge in [-0.3, -0.25) is 14.5 Å². The highest BCUT2D eigenvalue weighted by molar-refractivity contribution is 5.94. The SMILES string of the molecule is O=C(CCc1ncc(-c2ccccc2F)o1)Nc1ccc(F)c(NC(=O)CCN2CCOCC2)c1. The number of anilines is 2. The fraction of sp³-hybridized carbons (Fsp3) is 0.320. The topological polar surface area (TPSA) is 96.7 Å². The lowest BCUT2D eigenvalue weighted by Gasteiger charge is -2.26. The minimum Gasteiger partial charge on any atom is -0.441 e. The molecule has 8 nitrogen and oxygen atoms in total. The third-order valence-corrected chi connectivity index (χ3v) is 5.54. The summed E-state index contributed by atoms with van der Waals surface area (Å²) in [4.78, 5) is 30.9. The molecule has 2 heterocycles. The predicted octanol–water partition coefficient (Wildman–Crippen LogP) is 3.85. The zero-order valence-electron chi connectivity index (χ0n) is 19.1. The third kappa shape index (κ3) is 6.93. The van der Waals surface area contributed by atoms with E-state index < -0.39 is 11.6 Å². The molecule has 2 N–H and O–H groups in total. The van der Waals surface area contributed by atoms with Crippen molar-refractivity contribution in [3.05, 3.63) is 66.2 Å². The Labute approximate surface area is 201 Å². The standard InChI is InChI=1S/C25H26F2N4O4/c26-19-4-2-1-3-18(19)22-16-28-25(35-22)8-7-23(32)29-17-5-6-20(27)21(15-17)30-24(33)9-10-31-11-13-34-14-12-31/h1-6,15-16H,7-14H2,(H,29,32)(H,30,33). The van der Waals surface area contributed by atoms with Gasteiger partial charge in [-0.05, 0) is 30.3 Å². The van der Waals surface area contributed by atoms with Crippen molar-refractivity contribution in [2.75, 3.05) is 43.5 Å². The number of ether oxygens (including phenoxy) is 1. The molecule has 0 radical (unpaired) electrons. The summed E-state index contributed by atoms with van der Waals surface area (Å²) in [6.07, 6.45) is 1.89. The Balaban J connectivity index is 1.27. The van der Waals surface area contributed by atoms with Crippen molar-refractivity contribution < 1.29 is 27.5 Å². The molecule has 1 aliphatic rings. The van der Waals surface area contributed by atoms with Crippen LogP contribution in [0.5, 0.6) is 0 Å². The van der Waals surface area contributed by atoms with Gasteiger partial charge in [0.25, 0.3) is 0 Å². The molecule has 1 saturated heterocycles. The average Bonchev–Trinajstić information content (AvgIpc) is 3.33. The van der Waals surface area contributed by atoms with E-state index in [4.69, 9.17) is 9.15 Å². The molecule has 1 aromatic heterocycles. The second kappa shape index (κ2) is 11.7. The minimum absolute atomic E-state index is 0.00277. The van der Waals surface area contributed by atoms with Crippen molar-refractivity contribution in [1.29, 1.82) is 0 Å². The molecule has 1 aliphatic heterocycles. The van der Waals surface area contributed by atoms with Crippen molar-refractivity contribution >= 4 is 23.2 Å².